The van der Waals surface area contributed by atoms with Gasteiger partial charge in [-0.05, 0) is 120 Å². The summed E-state index contributed by atoms with van der Waals surface area (Å²) >= 11 is 0. The topological polar surface area (TPSA) is 81.4 Å². The molecule has 0 amide bonds. The number of rotatable bonds is 5. The fraction of sp³-hybridized carbons (Fsp3) is 0.389. The number of benzene rings is 3. The van der Waals surface area contributed by atoms with Gasteiger partial charge in [0.25, 0.3) is 0 Å². The maximum absolute atomic E-state index is 4.95. The molecular weight excluding hydrogens is 516 g/mol. The van der Waals surface area contributed by atoms with Crippen molar-refractivity contribution < 1.29 is 0 Å². The van der Waals surface area contributed by atoms with Crippen LogP contribution in [-0.2, 0) is 0 Å². The van der Waals surface area contributed by atoms with Crippen LogP contribution in [0, 0.1) is 5.92 Å². The first-order chi connectivity index (χ1) is 20.7. The second-order valence-corrected chi connectivity index (χ2v) is 13.3. The first kappa shape index (κ1) is 24.8. The lowest BCUT2D eigenvalue weighted by molar-refractivity contribution is 0.589. The standard InChI is InChI=1S/C36H38N6/c1-20-15-31(38-18-20)36-40-28-13-10-23(17-30(28)41-36)27-12-11-26(33-24-8-9-25(16-24)34(27)33)21-4-6-22(7-5-21)32-19-39-35(42-32)29-3-2-14-37-29/h4-7,10-13,17,19-20,24-25,29,31,37-38H,2-3,8-9,14-16,18H2,1H3,(H,39,42)(H,40,41)/t20?,24?,25?,29-,31?/m0/s1. The molecule has 2 aliphatic carbocycles. The molecular formula is C36H38N6. The van der Waals surface area contributed by atoms with E-state index in [1.807, 2.05) is 6.20 Å². The van der Waals surface area contributed by atoms with Crippen LogP contribution in [0.1, 0.15) is 92.1 Å². The third kappa shape index (κ3) is 3.99. The third-order valence-electron chi connectivity index (χ3n) is 10.5. The monoisotopic (exact) mass is 554 g/mol. The summed E-state index contributed by atoms with van der Waals surface area (Å²) in [5, 5.41) is 7.17. The third-order valence-corrected chi connectivity index (χ3v) is 10.5. The van der Waals surface area contributed by atoms with Gasteiger partial charge in [-0.15, -0.1) is 0 Å². The molecule has 0 radical (unpaired) electrons. The Bertz CT molecular complexity index is 1790. The van der Waals surface area contributed by atoms with Crippen molar-refractivity contribution >= 4 is 11.0 Å². The number of hydrogen-bond donors (Lipinski definition) is 4. The van der Waals surface area contributed by atoms with Gasteiger partial charge in [0.1, 0.15) is 11.6 Å². The lowest BCUT2D eigenvalue weighted by Crippen LogP contribution is -2.14. The van der Waals surface area contributed by atoms with Crippen molar-refractivity contribution in [2.45, 2.75) is 69.4 Å². The van der Waals surface area contributed by atoms with Gasteiger partial charge in [-0.3, -0.25) is 0 Å². The lowest BCUT2D eigenvalue weighted by Gasteiger charge is -2.23. The van der Waals surface area contributed by atoms with Crippen LogP contribution >= 0.6 is 0 Å². The second-order valence-electron chi connectivity index (χ2n) is 13.3. The molecule has 42 heavy (non-hydrogen) atoms. The van der Waals surface area contributed by atoms with Crippen LogP contribution in [0.2, 0.25) is 0 Å². The van der Waals surface area contributed by atoms with Crippen molar-refractivity contribution in [1.29, 1.82) is 0 Å². The smallest absolute Gasteiger partial charge is 0.124 e. The molecule has 6 nitrogen and oxygen atoms in total. The van der Waals surface area contributed by atoms with Crippen LogP contribution in [0.4, 0.5) is 0 Å². The molecule has 2 bridgehead atoms. The summed E-state index contributed by atoms with van der Waals surface area (Å²) in [6.45, 7) is 4.46. The van der Waals surface area contributed by atoms with E-state index in [1.54, 1.807) is 11.1 Å². The van der Waals surface area contributed by atoms with Gasteiger partial charge in [0.05, 0.1) is 35.0 Å². The maximum atomic E-state index is 4.95. The predicted octanol–water partition coefficient (Wildman–Crippen LogP) is 7.75. The summed E-state index contributed by atoms with van der Waals surface area (Å²) in [5.74, 6) is 4.18. The predicted molar refractivity (Wildman–Crippen MR) is 168 cm³/mol. The molecule has 2 saturated heterocycles. The number of aromatic nitrogens is 4. The van der Waals surface area contributed by atoms with Gasteiger partial charge < -0.3 is 20.6 Å². The normalized spacial score (nSPS) is 26.5. The van der Waals surface area contributed by atoms with Gasteiger partial charge in [0.15, 0.2) is 0 Å². The van der Waals surface area contributed by atoms with Crippen LogP contribution in [0.15, 0.2) is 60.8 Å². The number of H-pyrrole nitrogens is 2. The fourth-order valence-corrected chi connectivity index (χ4v) is 8.42. The lowest BCUT2D eigenvalue weighted by atomic mass is 9.81. The molecule has 2 aromatic heterocycles. The van der Waals surface area contributed by atoms with Crippen molar-refractivity contribution in [3.63, 3.8) is 0 Å². The quantitative estimate of drug-likeness (QED) is 0.179. The zero-order valence-corrected chi connectivity index (χ0v) is 24.2. The van der Waals surface area contributed by atoms with Crippen molar-refractivity contribution in [2.24, 2.45) is 5.92 Å². The first-order valence-corrected chi connectivity index (χ1v) is 16.0. The molecule has 9 rings (SSSR count). The van der Waals surface area contributed by atoms with Crippen molar-refractivity contribution in [3.05, 3.63) is 83.6 Å². The van der Waals surface area contributed by atoms with Gasteiger partial charge in [0.2, 0.25) is 0 Å². The minimum atomic E-state index is 0.334. The van der Waals surface area contributed by atoms with Gasteiger partial charge in [0, 0.05) is 0 Å². The summed E-state index contributed by atoms with van der Waals surface area (Å²) < 4.78 is 0. The Morgan fingerprint density at radius 3 is 2.21 bits per heavy atom. The van der Waals surface area contributed by atoms with E-state index in [9.17, 15) is 0 Å². The number of fused-ring (bicyclic) bond motifs is 6. The highest BCUT2D eigenvalue weighted by molar-refractivity contribution is 5.86. The Morgan fingerprint density at radius 1 is 0.714 bits per heavy atom. The highest BCUT2D eigenvalue weighted by atomic mass is 15.0. The molecule has 0 spiro atoms. The van der Waals surface area contributed by atoms with E-state index < -0.39 is 0 Å². The molecule has 5 atom stereocenters. The number of hydrogen-bond acceptors (Lipinski definition) is 4. The molecule has 4 aliphatic rings. The average Bonchev–Trinajstić information content (AvgIpc) is 3.86. The average molecular weight is 555 g/mol. The highest BCUT2D eigenvalue weighted by Gasteiger charge is 2.40. The van der Waals surface area contributed by atoms with E-state index in [1.165, 1.54) is 53.5 Å². The van der Waals surface area contributed by atoms with Crippen LogP contribution in [-0.4, -0.2) is 33.0 Å². The Hall–Kier alpha value is -3.74. The molecule has 6 heteroatoms. The highest BCUT2D eigenvalue weighted by Crippen LogP contribution is 2.58. The van der Waals surface area contributed by atoms with Crippen LogP contribution in [0.3, 0.4) is 0 Å². The largest absolute Gasteiger partial charge is 0.341 e. The molecule has 4 unspecified atom stereocenters. The van der Waals surface area contributed by atoms with Gasteiger partial charge in [-0.1, -0.05) is 49.4 Å². The van der Waals surface area contributed by atoms with Crippen molar-refractivity contribution in [3.8, 4) is 33.5 Å². The molecule has 5 aromatic rings. The van der Waals surface area contributed by atoms with E-state index in [4.69, 9.17) is 4.98 Å². The number of aromatic amines is 2. The van der Waals surface area contributed by atoms with E-state index in [0.717, 1.165) is 54.3 Å². The number of imidazole rings is 2. The number of nitrogens with one attached hydrogen (secondary N) is 4. The second kappa shape index (κ2) is 9.65. The SMILES string of the molecule is CC1CNC(c2nc3ccc(-c4ccc(-c5ccc(-c6cnc([C@@H]7CCCN7)[nH]6)cc5)c5c4C4CCC5C4)cc3[nH]2)C1. The van der Waals surface area contributed by atoms with E-state index in [0.29, 0.717) is 29.8 Å². The van der Waals surface area contributed by atoms with E-state index in [2.05, 4.69) is 87.1 Å². The zero-order chi connectivity index (χ0) is 27.8. The minimum Gasteiger partial charge on any atom is -0.341 e. The Labute approximate surface area is 246 Å². The van der Waals surface area contributed by atoms with Gasteiger partial charge in [-0.25, -0.2) is 9.97 Å². The first-order valence-electron chi connectivity index (χ1n) is 16.0. The zero-order valence-electron chi connectivity index (χ0n) is 24.2. The summed E-state index contributed by atoms with van der Waals surface area (Å²) in [5.41, 5.74) is 13.2. The maximum Gasteiger partial charge on any atom is 0.124 e. The molecule has 3 fully saturated rings. The van der Waals surface area contributed by atoms with Crippen LogP contribution in [0.25, 0.3) is 44.5 Å². The summed E-state index contributed by atoms with van der Waals surface area (Å²) in [6.07, 6.45) is 9.43. The summed E-state index contributed by atoms with van der Waals surface area (Å²) in [4.78, 5) is 16.9. The molecule has 1 saturated carbocycles. The number of nitrogens with zero attached hydrogens (tertiary/aromatic N) is 2. The Morgan fingerprint density at radius 2 is 1.48 bits per heavy atom. The van der Waals surface area contributed by atoms with E-state index in [-0.39, 0.29) is 0 Å². The Balaban J connectivity index is 1.05. The Kier molecular flexibility index (Phi) is 5.70. The van der Waals surface area contributed by atoms with E-state index >= 15 is 0 Å². The van der Waals surface area contributed by atoms with Gasteiger partial charge >= 0.3 is 0 Å². The fourth-order valence-electron chi connectivity index (χ4n) is 8.42. The molecule has 212 valence electrons. The summed E-state index contributed by atoms with van der Waals surface area (Å²) in [6, 6.07) is 21.4. The van der Waals surface area contributed by atoms with Crippen LogP contribution in [0.5, 0.6) is 0 Å². The van der Waals surface area contributed by atoms with Gasteiger partial charge in [-0.2, -0.15) is 0 Å². The summed E-state index contributed by atoms with van der Waals surface area (Å²) in [7, 11) is 0. The minimum absolute atomic E-state index is 0.334. The molecule has 3 aromatic carbocycles. The van der Waals surface area contributed by atoms with Crippen LogP contribution < -0.4 is 10.6 Å². The van der Waals surface area contributed by atoms with Crippen molar-refractivity contribution in [1.82, 2.24) is 30.6 Å². The molecule has 4 N–H and O–H groups in total. The molecule has 4 heterocycles. The van der Waals surface area contributed by atoms with Crippen molar-refractivity contribution in [2.75, 3.05) is 13.1 Å². The molecule has 2 aliphatic heterocycles.